The lowest BCUT2D eigenvalue weighted by molar-refractivity contribution is 0.0783. The zero-order valence-corrected chi connectivity index (χ0v) is 16.7. The van der Waals surface area contributed by atoms with E-state index in [1.807, 2.05) is 6.07 Å². The Morgan fingerprint density at radius 2 is 1.93 bits per heavy atom. The number of amides is 1. The van der Waals surface area contributed by atoms with Gasteiger partial charge in [-0.25, -0.2) is 5.10 Å². The number of hydrogen-bond acceptors (Lipinski definition) is 5. The molecule has 5 rings (SSSR count). The largest absolute Gasteiger partial charge is 0.337 e. The average molecular weight is 404 g/mol. The minimum Gasteiger partial charge on any atom is -0.337 e. The summed E-state index contributed by atoms with van der Waals surface area (Å²) in [6.07, 6.45) is 1.84. The van der Waals surface area contributed by atoms with Crippen molar-refractivity contribution < 1.29 is 4.79 Å². The summed E-state index contributed by atoms with van der Waals surface area (Å²) in [5.41, 5.74) is 4.88. The second kappa shape index (κ2) is 7.87. The van der Waals surface area contributed by atoms with Crippen LogP contribution < -0.4 is 5.56 Å². The first kappa shape index (κ1) is 18.7. The Hall–Kier alpha value is -3.26. The van der Waals surface area contributed by atoms with Crippen LogP contribution in [-0.2, 0) is 19.5 Å². The molecule has 3 aromatic rings. The van der Waals surface area contributed by atoms with Crippen molar-refractivity contribution in [1.29, 1.82) is 0 Å². The van der Waals surface area contributed by atoms with Crippen LogP contribution in [0, 0.1) is 0 Å². The monoisotopic (exact) mass is 404 g/mol. The number of nitrogens with zero attached hydrogens (tertiary/aromatic N) is 4. The fourth-order valence-electron chi connectivity index (χ4n) is 4.48. The highest BCUT2D eigenvalue weighted by Crippen LogP contribution is 2.32. The van der Waals surface area contributed by atoms with Crippen molar-refractivity contribution in [3.8, 4) is 0 Å². The predicted molar refractivity (Wildman–Crippen MR) is 111 cm³/mol. The molecule has 2 aromatic heterocycles. The van der Waals surface area contributed by atoms with Gasteiger partial charge in [-0.05, 0) is 18.1 Å². The lowest BCUT2D eigenvalue weighted by Crippen LogP contribution is -2.31. The molecular formula is C22H24N6O2. The molecule has 8 nitrogen and oxygen atoms in total. The molecule has 1 aromatic carbocycles. The molecule has 0 radical (unpaired) electrons. The molecule has 0 bridgehead atoms. The summed E-state index contributed by atoms with van der Waals surface area (Å²) in [7, 11) is 0. The van der Waals surface area contributed by atoms with Gasteiger partial charge < -0.3 is 4.90 Å². The lowest BCUT2D eigenvalue weighted by atomic mass is 9.96. The molecule has 30 heavy (non-hydrogen) atoms. The number of fused-ring (bicyclic) bond motifs is 1. The van der Waals surface area contributed by atoms with Crippen molar-refractivity contribution >= 4 is 5.91 Å². The topological polar surface area (TPSA) is 98.0 Å². The molecule has 1 saturated heterocycles. The van der Waals surface area contributed by atoms with E-state index < -0.39 is 0 Å². The van der Waals surface area contributed by atoms with Gasteiger partial charge in [0.15, 0.2) is 0 Å². The van der Waals surface area contributed by atoms with Crippen LogP contribution in [0.4, 0.5) is 0 Å². The van der Waals surface area contributed by atoms with Gasteiger partial charge in [0.1, 0.15) is 5.69 Å². The summed E-state index contributed by atoms with van der Waals surface area (Å²) in [6, 6.07) is 13.3. The van der Waals surface area contributed by atoms with E-state index in [2.05, 4.69) is 49.6 Å². The van der Waals surface area contributed by atoms with E-state index in [1.165, 1.54) is 29.0 Å². The van der Waals surface area contributed by atoms with Gasteiger partial charge in [-0.1, -0.05) is 30.3 Å². The summed E-state index contributed by atoms with van der Waals surface area (Å²) in [6.45, 7) is 4.10. The van der Waals surface area contributed by atoms with E-state index in [4.69, 9.17) is 0 Å². The number of aromatic nitrogens is 4. The van der Waals surface area contributed by atoms with Gasteiger partial charge in [0.05, 0.1) is 5.69 Å². The first-order valence-electron chi connectivity index (χ1n) is 10.3. The zero-order valence-electron chi connectivity index (χ0n) is 16.7. The van der Waals surface area contributed by atoms with Gasteiger partial charge in [0, 0.05) is 62.4 Å². The molecule has 154 valence electrons. The molecule has 1 fully saturated rings. The van der Waals surface area contributed by atoms with Crippen molar-refractivity contribution in [3.05, 3.63) is 81.0 Å². The smallest absolute Gasteiger partial charge is 0.274 e. The number of carbonyl (C=O) groups is 1. The minimum atomic E-state index is -0.311. The van der Waals surface area contributed by atoms with E-state index in [9.17, 15) is 9.59 Å². The van der Waals surface area contributed by atoms with Crippen molar-refractivity contribution in [2.75, 3.05) is 19.6 Å². The highest BCUT2D eigenvalue weighted by Gasteiger charge is 2.33. The first-order valence-corrected chi connectivity index (χ1v) is 10.3. The molecule has 2 aliphatic heterocycles. The standard InChI is InChI=1S/C22H24N6O2/c29-20-7-6-19(24-25-20)22(30)28-11-8-16(13-28)21-17-14-27(10-9-18(17)23-26-21)12-15-4-2-1-3-5-15/h1-7,16H,8-14H2,(H,23,26)(H,25,29). The molecular weight excluding hydrogens is 380 g/mol. The van der Waals surface area contributed by atoms with Crippen molar-refractivity contribution in [2.24, 2.45) is 0 Å². The fourth-order valence-corrected chi connectivity index (χ4v) is 4.48. The summed E-state index contributed by atoms with van der Waals surface area (Å²) in [4.78, 5) is 28.2. The van der Waals surface area contributed by atoms with Gasteiger partial charge in [-0.2, -0.15) is 10.2 Å². The fraction of sp³-hybridized carbons (Fsp3) is 0.364. The second-order valence-electron chi connectivity index (χ2n) is 8.06. The molecule has 1 unspecified atom stereocenters. The number of hydrogen-bond donors (Lipinski definition) is 2. The van der Waals surface area contributed by atoms with Crippen LogP contribution in [0.5, 0.6) is 0 Å². The number of rotatable bonds is 4. The quantitative estimate of drug-likeness (QED) is 0.690. The Labute approximate surface area is 173 Å². The predicted octanol–water partition coefficient (Wildman–Crippen LogP) is 1.68. The zero-order chi connectivity index (χ0) is 20.5. The molecule has 0 spiro atoms. The van der Waals surface area contributed by atoms with Crippen LogP contribution in [0.3, 0.4) is 0 Å². The average Bonchev–Trinajstić information content (AvgIpc) is 3.41. The summed E-state index contributed by atoms with van der Waals surface area (Å²) in [5.74, 6) is 0.0669. The SMILES string of the molecule is O=C(c1ccc(=O)[nH]n1)N1CCC(c2n[nH]c3c2CN(Cc2ccccc2)CC3)C1. The molecule has 1 amide bonds. The van der Waals surface area contributed by atoms with Gasteiger partial charge in [-0.15, -0.1) is 0 Å². The van der Waals surface area contributed by atoms with Crippen LogP contribution in [-0.4, -0.2) is 55.7 Å². The molecule has 8 heteroatoms. The molecule has 2 N–H and O–H groups in total. The summed E-state index contributed by atoms with van der Waals surface area (Å²) in [5, 5.41) is 14.1. The van der Waals surface area contributed by atoms with E-state index in [-0.39, 0.29) is 23.1 Å². The Bertz CT molecular complexity index is 1090. The highest BCUT2D eigenvalue weighted by atomic mass is 16.2. The third-order valence-electron chi connectivity index (χ3n) is 6.05. The van der Waals surface area contributed by atoms with Crippen LogP contribution in [0.25, 0.3) is 0 Å². The Morgan fingerprint density at radius 3 is 2.73 bits per heavy atom. The number of H-pyrrole nitrogens is 2. The van der Waals surface area contributed by atoms with Gasteiger partial charge in [0.2, 0.25) is 0 Å². The Kier molecular flexibility index (Phi) is 4.92. The normalized spacial score (nSPS) is 19.1. The van der Waals surface area contributed by atoms with E-state index in [0.29, 0.717) is 13.1 Å². The van der Waals surface area contributed by atoms with Gasteiger partial charge >= 0.3 is 0 Å². The molecule has 0 aliphatic carbocycles. The maximum Gasteiger partial charge on any atom is 0.274 e. The number of nitrogens with one attached hydrogen (secondary N) is 2. The summed E-state index contributed by atoms with van der Waals surface area (Å²) < 4.78 is 0. The molecule has 0 saturated carbocycles. The number of benzene rings is 1. The third kappa shape index (κ3) is 3.66. The highest BCUT2D eigenvalue weighted by molar-refractivity contribution is 5.92. The van der Waals surface area contributed by atoms with Gasteiger partial charge in [-0.3, -0.25) is 19.6 Å². The second-order valence-corrected chi connectivity index (χ2v) is 8.06. The lowest BCUT2D eigenvalue weighted by Gasteiger charge is -2.27. The number of aromatic amines is 2. The van der Waals surface area contributed by atoms with Crippen molar-refractivity contribution in [1.82, 2.24) is 30.2 Å². The van der Waals surface area contributed by atoms with Crippen molar-refractivity contribution in [3.63, 3.8) is 0 Å². The molecule has 2 aliphatic rings. The van der Waals surface area contributed by atoms with E-state index >= 15 is 0 Å². The summed E-state index contributed by atoms with van der Waals surface area (Å²) >= 11 is 0. The third-order valence-corrected chi connectivity index (χ3v) is 6.05. The Morgan fingerprint density at radius 1 is 1.07 bits per heavy atom. The van der Waals surface area contributed by atoms with Crippen molar-refractivity contribution in [2.45, 2.75) is 31.8 Å². The van der Waals surface area contributed by atoms with E-state index in [0.717, 1.165) is 38.2 Å². The number of likely N-dealkylation sites (tertiary alicyclic amines) is 1. The minimum absolute atomic E-state index is 0.149. The molecule has 4 heterocycles. The molecule has 1 atom stereocenters. The Balaban J connectivity index is 1.29. The number of carbonyl (C=O) groups excluding carboxylic acids is 1. The van der Waals surface area contributed by atoms with Crippen LogP contribution in [0.15, 0.2) is 47.3 Å². The maximum absolute atomic E-state index is 12.7. The van der Waals surface area contributed by atoms with Crippen LogP contribution in [0.2, 0.25) is 0 Å². The van der Waals surface area contributed by atoms with Crippen LogP contribution in [0.1, 0.15) is 45.3 Å². The van der Waals surface area contributed by atoms with Crippen LogP contribution >= 0.6 is 0 Å². The van der Waals surface area contributed by atoms with E-state index in [1.54, 1.807) is 4.90 Å². The maximum atomic E-state index is 12.7. The first-order chi connectivity index (χ1) is 14.7. The van der Waals surface area contributed by atoms with Gasteiger partial charge in [0.25, 0.3) is 11.5 Å².